The van der Waals surface area contributed by atoms with E-state index in [1.54, 1.807) is 60.7 Å². The summed E-state index contributed by atoms with van der Waals surface area (Å²) in [5.41, 5.74) is 0.885. The van der Waals surface area contributed by atoms with Crippen LogP contribution in [0.25, 0.3) is 5.76 Å². The van der Waals surface area contributed by atoms with Crippen LogP contribution in [-0.2, 0) is 9.53 Å². The molecule has 0 atom stereocenters. The maximum atomic E-state index is 12.1. The molecule has 0 saturated heterocycles. The van der Waals surface area contributed by atoms with E-state index in [0.29, 0.717) is 11.1 Å². The highest BCUT2D eigenvalue weighted by atomic mass is 16.5. The van der Waals surface area contributed by atoms with Crippen molar-refractivity contribution in [3.05, 3.63) is 77.4 Å². The summed E-state index contributed by atoms with van der Waals surface area (Å²) in [6, 6.07) is 17.1. The van der Waals surface area contributed by atoms with Crippen LogP contribution in [0.2, 0.25) is 0 Å². The third-order valence-electron chi connectivity index (χ3n) is 2.90. The summed E-state index contributed by atoms with van der Waals surface area (Å²) in [4.78, 5) is 23.3. The first kappa shape index (κ1) is 14.5. The van der Waals surface area contributed by atoms with Gasteiger partial charge in [0.1, 0.15) is 5.76 Å². The van der Waals surface area contributed by atoms with Crippen LogP contribution in [0.3, 0.4) is 0 Å². The van der Waals surface area contributed by atoms with Gasteiger partial charge in [-0.25, -0.2) is 9.59 Å². The molecule has 0 bridgehead atoms. The zero-order chi connectivity index (χ0) is 15.2. The lowest BCUT2D eigenvalue weighted by Gasteiger charge is -2.11. The number of hydrogen-bond donors (Lipinski definition) is 1. The summed E-state index contributed by atoms with van der Waals surface area (Å²) in [7, 11) is 0. The maximum Gasteiger partial charge on any atom is 0.343 e. The van der Waals surface area contributed by atoms with Gasteiger partial charge in [-0.15, -0.1) is 0 Å². The van der Waals surface area contributed by atoms with Gasteiger partial charge in [0.25, 0.3) is 0 Å². The minimum Gasteiger partial charge on any atom is -0.478 e. The highest BCUT2D eigenvalue weighted by Crippen LogP contribution is 2.22. The molecule has 4 heteroatoms. The van der Waals surface area contributed by atoms with Gasteiger partial charge in [-0.2, -0.15) is 0 Å². The van der Waals surface area contributed by atoms with E-state index in [1.165, 1.54) is 6.92 Å². The van der Waals surface area contributed by atoms with Crippen LogP contribution in [-0.4, -0.2) is 17.0 Å². The number of carboxylic acids is 1. The highest BCUT2D eigenvalue weighted by Gasteiger charge is 2.17. The van der Waals surface area contributed by atoms with Gasteiger partial charge in [0.2, 0.25) is 0 Å². The van der Waals surface area contributed by atoms with Gasteiger partial charge >= 0.3 is 11.9 Å². The van der Waals surface area contributed by atoms with Crippen molar-refractivity contribution in [1.82, 2.24) is 0 Å². The zero-order valence-corrected chi connectivity index (χ0v) is 11.4. The molecule has 0 unspecified atom stereocenters. The lowest BCUT2D eigenvalue weighted by Crippen LogP contribution is -2.09. The van der Waals surface area contributed by atoms with Crippen LogP contribution in [0, 0.1) is 0 Å². The van der Waals surface area contributed by atoms with Crippen molar-refractivity contribution in [2.75, 3.05) is 0 Å². The van der Waals surface area contributed by atoms with Crippen LogP contribution in [0.15, 0.2) is 66.2 Å². The van der Waals surface area contributed by atoms with Gasteiger partial charge in [0.15, 0.2) is 0 Å². The molecule has 1 N–H and O–H groups in total. The van der Waals surface area contributed by atoms with Gasteiger partial charge in [-0.05, 0) is 19.1 Å². The fraction of sp³-hybridized carbons (Fsp3) is 0.0588. The molecule has 2 aromatic carbocycles. The van der Waals surface area contributed by atoms with E-state index < -0.39 is 11.9 Å². The quantitative estimate of drug-likeness (QED) is 0.530. The average molecular weight is 282 g/mol. The van der Waals surface area contributed by atoms with Crippen LogP contribution in [0.5, 0.6) is 0 Å². The molecule has 0 spiro atoms. The average Bonchev–Trinajstić information content (AvgIpc) is 2.53. The van der Waals surface area contributed by atoms with Crippen LogP contribution in [0.4, 0.5) is 0 Å². The molecule has 0 amide bonds. The molecule has 0 saturated carbocycles. The van der Waals surface area contributed by atoms with E-state index in [-0.39, 0.29) is 11.3 Å². The molecule has 0 aliphatic rings. The Morgan fingerprint density at radius 2 is 1.33 bits per heavy atom. The molecule has 0 aliphatic heterocycles. The van der Waals surface area contributed by atoms with Crippen LogP contribution in [0.1, 0.15) is 22.8 Å². The minimum absolute atomic E-state index is 0.0227. The van der Waals surface area contributed by atoms with Crippen molar-refractivity contribution in [2.24, 2.45) is 0 Å². The largest absolute Gasteiger partial charge is 0.478 e. The summed E-state index contributed by atoms with van der Waals surface area (Å²) >= 11 is 0. The molecule has 4 nitrogen and oxygen atoms in total. The standard InChI is InChI=1S/C17H14O4/c1-12(16(18)19)15(13-8-4-2-5-9-13)21-17(20)14-10-6-3-7-11-14/h2-11H,1H3,(H,18,19). The van der Waals surface area contributed by atoms with E-state index in [1.807, 2.05) is 0 Å². The number of esters is 1. The van der Waals surface area contributed by atoms with E-state index in [0.717, 1.165) is 0 Å². The molecule has 106 valence electrons. The van der Waals surface area contributed by atoms with Crippen molar-refractivity contribution in [2.45, 2.75) is 6.92 Å². The Labute approximate surface area is 122 Å². The number of rotatable bonds is 4. The maximum absolute atomic E-state index is 12.1. The van der Waals surface area contributed by atoms with Gasteiger partial charge in [-0.3, -0.25) is 0 Å². The molecule has 2 rings (SSSR count). The number of carbonyl (C=O) groups is 2. The molecule has 0 heterocycles. The fourth-order valence-corrected chi connectivity index (χ4v) is 1.76. The Bertz CT molecular complexity index is 672. The first-order valence-corrected chi connectivity index (χ1v) is 6.36. The Morgan fingerprint density at radius 3 is 1.81 bits per heavy atom. The van der Waals surface area contributed by atoms with Crippen molar-refractivity contribution >= 4 is 17.7 Å². The second-order valence-electron chi connectivity index (χ2n) is 4.38. The number of aliphatic carboxylic acids is 1. The fourth-order valence-electron chi connectivity index (χ4n) is 1.76. The number of carboxylic acid groups (broad SMARTS) is 1. The second-order valence-corrected chi connectivity index (χ2v) is 4.38. The molecule has 0 radical (unpaired) electrons. The lowest BCUT2D eigenvalue weighted by molar-refractivity contribution is -0.132. The van der Waals surface area contributed by atoms with E-state index >= 15 is 0 Å². The van der Waals surface area contributed by atoms with Crippen molar-refractivity contribution in [3.8, 4) is 0 Å². The number of ether oxygens (including phenoxy) is 1. The SMILES string of the molecule is CC(C(=O)O)=C(OC(=O)c1ccccc1)c1ccccc1. The van der Waals surface area contributed by atoms with Gasteiger partial charge in [0, 0.05) is 5.56 Å². The molecular formula is C17H14O4. The Hall–Kier alpha value is -2.88. The normalized spacial score (nSPS) is 11.5. The first-order chi connectivity index (χ1) is 10.1. The van der Waals surface area contributed by atoms with Gasteiger partial charge < -0.3 is 9.84 Å². The Kier molecular flexibility index (Phi) is 4.51. The van der Waals surface area contributed by atoms with E-state index in [9.17, 15) is 9.59 Å². The third-order valence-corrected chi connectivity index (χ3v) is 2.90. The number of hydrogen-bond acceptors (Lipinski definition) is 3. The molecule has 0 fully saturated rings. The summed E-state index contributed by atoms with van der Waals surface area (Å²) < 4.78 is 5.31. The Morgan fingerprint density at radius 1 is 0.857 bits per heavy atom. The lowest BCUT2D eigenvalue weighted by atomic mass is 10.1. The summed E-state index contributed by atoms with van der Waals surface area (Å²) in [5.74, 6) is -1.67. The zero-order valence-electron chi connectivity index (χ0n) is 11.4. The predicted octanol–water partition coefficient (Wildman–Crippen LogP) is 3.36. The van der Waals surface area contributed by atoms with Crippen LogP contribution < -0.4 is 0 Å². The molecule has 0 aliphatic carbocycles. The highest BCUT2D eigenvalue weighted by molar-refractivity contribution is 5.99. The summed E-state index contributed by atoms with van der Waals surface area (Å²) in [6.45, 7) is 1.41. The summed E-state index contributed by atoms with van der Waals surface area (Å²) in [6.07, 6.45) is 0. The topological polar surface area (TPSA) is 63.6 Å². The van der Waals surface area contributed by atoms with E-state index in [4.69, 9.17) is 9.84 Å². The van der Waals surface area contributed by atoms with E-state index in [2.05, 4.69) is 0 Å². The number of carbonyl (C=O) groups excluding carboxylic acids is 1. The third kappa shape index (κ3) is 3.57. The predicted molar refractivity (Wildman–Crippen MR) is 78.5 cm³/mol. The van der Waals surface area contributed by atoms with Crippen molar-refractivity contribution in [1.29, 1.82) is 0 Å². The smallest absolute Gasteiger partial charge is 0.343 e. The molecular weight excluding hydrogens is 268 g/mol. The van der Waals surface area contributed by atoms with Gasteiger partial charge in [0.05, 0.1) is 11.1 Å². The van der Waals surface area contributed by atoms with Crippen molar-refractivity contribution < 1.29 is 19.4 Å². The van der Waals surface area contributed by atoms with Gasteiger partial charge in [-0.1, -0.05) is 48.5 Å². The Balaban J connectivity index is 2.37. The van der Waals surface area contributed by atoms with Crippen LogP contribution >= 0.6 is 0 Å². The molecule has 21 heavy (non-hydrogen) atoms. The monoisotopic (exact) mass is 282 g/mol. The van der Waals surface area contributed by atoms with Crippen molar-refractivity contribution in [3.63, 3.8) is 0 Å². The summed E-state index contributed by atoms with van der Waals surface area (Å²) in [5, 5.41) is 9.15. The molecule has 2 aromatic rings. The first-order valence-electron chi connectivity index (χ1n) is 6.36. The molecule has 0 aromatic heterocycles. The number of benzene rings is 2. The minimum atomic E-state index is -1.13. The second kappa shape index (κ2) is 6.52.